The van der Waals surface area contributed by atoms with Gasteiger partial charge in [0, 0.05) is 0 Å². The van der Waals surface area contributed by atoms with Gasteiger partial charge in [-0.15, -0.1) is 0 Å². The molecule has 0 spiro atoms. The molecule has 0 saturated carbocycles. The van der Waals surface area contributed by atoms with Crippen LogP contribution in [0.25, 0.3) is 0 Å². The van der Waals surface area contributed by atoms with Crippen molar-refractivity contribution in [3.8, 4) is 0 Å². The summed E-state index contributed by atoms with van der Waals surface area (Å²) in [6, 6.07) is 9.54. The summed E-state index contributed by atoms with van der Waals surface area (Å²) < 4.78 is 22.2. The quantitative estimate of drug-likeness (QED) is 0.837. The number of aliphatic hydroxyl groups excluding tert-OH is 1. The molecule has 1 aromatic rings. The Balaban J connectivity index is 1.68. The molecule has 0 amide bonds. The highest BCUT2D eigenvalue weighted by atomic mass is 16.8. The Morgan fingerprint density at radius 1 is 1.32 bits per heavy atom. The zero-order chi connectivity index (χ0) is 15.7. The van der Waals surface area contributed by atoms with Gasteiger partial charge in [-0.3, -0.25) is 0 Å². The van der Waals surface area contributed by atoms with Crippen LogP contribution in [0.5, 0.6) is 0 Å². The molecule has 0 aromatic heterocycles. The Hall–Kier alpha value is -1.47. The van der Waals surface area contributed by atoms with Crippen molar-refractivity contribution in [1.29, 1.82) is 0 Å². The second kappa shape index (κ2) is 5.96. The minimum atomic E-state index is -1.30. The molecule has 1 N–H and O–H groups in total. The van der Waals surface area contributed by atoms with E-state index in [4.69, 9.17) is 18.9 Å². The second-order valence-corrected chi connectivity index (χ2v) is 5.97. The molecule has 0 bridgehead atoms. The van der Waals surface area contributed by atoms with Gasteiger partial charge in [-0.05, 0) is 19.4 Å². The molecule has 2 aliphatic rings. The molecule has 0 aliphatic carbocycles. The maximum Gasteiger partial charge on any atom is 0.338 e. The van der Waals surface area contributed by atoms with Crippen molar-refractivity contribution < 1.29 is 28.8 Å². The third kappa shape index (κ3) is 3.15. The van der Waals surface area contributed by atoms with Gasteiger partial charge in [0.05, 0.1) is 13.2 Å². The smallest absolute Gasteiger partial charge is 0.338 e. The molecule has 2 aliphatic heterocycles. The molecule has 120 valence electrons. The predicted molar refractivity (Wildman–Crippen MR) is 75.8 cm³/mol. The van der Waals surface area contributed by atoms with E-state index < -0.39 is 36.2 Å². The monoisotopic (exact) mass is 308 g/mol. The predicted octanol–water partition coefficient (Wildman–Crippen LogP) is 1.01. The average Bonchev–Trinajstić information content (AvgIpc) is 2.99. The summed E-state index contributed by atoms with van der Waals surface area (Å²) >= 11 is 0. The van der Waals surface area contributed by atoms with Crippen LogP contribution >= 0.6 is 0 Å². The average molecular weight is 308 g/mol. The van der Waals surface area contributed by atoms with Gasteiger partial charge in [0.1, 0.15) is 12.2 Å². The molecule has 6 heteroatoms. The number of ether oxygens (including phenoxy) is 4. The molecule has 0 radical (unpaired) electrons. The highest BCUT2D eigenvalue weighted by molar-refractivity contribution is 5.78. The fourth-order valence-electron chi connectivity index (χ4n) is 2.70. The lowest BCUT2D eigenvalue weighted by Gasteiger charge is -2.24. The standard InChI is InChI=1S/C16H20O6/c1-16(2)20-9-11(22-16)13-14(12(17)15(18)21-13)19-8-10-6-4-3-5-7-10/h3-7,11-14,17H,8-9H2,1-2H3/t11-,12+,13-,14-/m1/s1. The van der Waals surface area contributed by atoms with Crippen molar-refractivity contribution in [3.05, 3.63) is 35.9 Å². The van der Waals surface area contributed by atoms with Crippen molar-refractivity contribution >= 4 is 5.97 Å². The van der Waals surface area contributed by atoms with Gasteiger partial charge in [-0.2, -0.15) is 0 Å². The maximum absolute atomic E-state index is 11.7. The minimum absolute atomic E-state index is 0.284. The van der Waals surface area contributed by atoms with Gasteiger partial charge in [-0.1, -0.05) is 30.3 Å². The highest BCUT2D eigenvalue weighted by Gasteiger charge is 2.52. The first-order valence-corrected chi connectivity index (χ1v) is 7.32. The molecule has 2 fully saturated rings. The van der Waals surface area contributed by atoms with Gasteiger partial charge < -0.3 is 24.1 Å². The third-order valence-electron chi connectivity index (χ3n) is 3.81. The van der Waals surface area contributed by atoms with E-state index in [-0.39, 0.29) is 6.61 Å². The molecule has 0 unspecified atom stereocenters. The molecule has 6 nitrogen and oxygen atoms in total. The molecule has 1 aromatic carbocycles. The first-order chi connectivity index (χ1) is 10.5. The van der Waals surface area contributed by atoms with E-state index >= 15 is 0 Å². The van der Waals surface area contributed by atoms with Crippen LogP contribution < -0.4 is 0 Å². The van der Waals surface area contributed by atoms with E-state index in [0.717, 1.165) is 5.56 Å². The highest BCUT2D eigenvalue weighted by Crippen LogP contribution is 2.31. The number of hydrogen-bond acceptors (Lipinski definition) is 6. The van der Waals surface area contributed by atoms with E-state index in [9.17, 15) is 9.90 Å². The first kappa shape index (κ1) is 15.4. The number of aliphatic hydroxyl groups is 1. The van der Waals surface area contributed by atoms with Crippen LogP contribution in [0.15, 0.2) is 30.3 Å². The molecular weight excluding hydrogens is 288 g/mol. The van der Waals surface area contributed by atoms with E-state index in [1.165, 1.54) is 0 Å². The van der Waals surface area contributed by atoms with Crippen LogP contribution in [-0.4, -0.2) is 47.9 Å². The number of hydrogen-bond donors (Lipinski definition) is 1. The Kier molecular flexibility index (Phi) is 4.18. The third-order valence-corrected chi connectivity index (χ3v) is 3.81. The largest absolute Gasteiger partial charge is 0.455 e. The Morgan fingerprint density at radius 3 is 2.68 bits per heavy atom. The minimum Gasteiger partial charge on any atom is -0.455 e. The second-order valence-electron chi connectivity index (χ2n) is 5.97. The van der Waals surface area contributed by atoms with Crippen molar-refractivity contribution in [2.75, 3.05) is 6.61 Å². The van der Waals surface area contributed by atoms with Crippen LogP contribution in [0.2, 0.25) is 0 Å². The fraction of sp³-hybridized carbons (Fsp3) is 0.562. The van der Waals surface area contributed by atoms with Crippen molar-refractivity contribution in [1.82, 2.24) is 0 Å². The van der Waals surface area contributed by atoms with Crippen molar-refractivity contribution in [2.24, 2.45) is 0 Å². The number of carbonyl (C=O) groups is 1. The Bertz CT molecular complexity index is 529. The van der Waals surface area contributed by atoms with E-state index in [0.29, 0.717) is 6.61 Å². The normalized spacial score (nSPS) is 33.9. The van der Waals surface area contributed by atoms with E-state index in [2.05, 4.69) is 0 Å². The summed E-state index contributed by atoms with van der Waals surface area (Å²) in [5.74, 6) is -1.41. The zero-order valence-corrected chi connectivity index (χ0v) is 12.6. The van der Waals surface area contributed by atoms with Gasteiger partial charge in [0.25, 0.3) is 0 Å². The molecule has 3 rings (SSSR count). The van der Waals surface area contributed by atoms with Gasteiger partial charge in [0.15, 0.2) is 18.0 Å². The number of cyclic esters (lactones) is 1. The zero-order valence-electron chi connectivity index (χ0n) is 12.6. The summed E-state index contributed by atoms with van der Waals surface area (Å²) in [4.78, 5) is 11.7. The summed E-state index contributed by atoms with van der Waals surface area (Å²) in [5, 5.41) is 10.0. The number of esters is 1. The molecular formula is C16H20O6. The number of carbonyl (C=O) groups excluding carboxylic acids is 1. The van der Waals surface area contributed by atoms with Crippen molar-refractivity contribution in [2.45, 2.75) is 50.7 Å². The first-order valence-electron chi connectivity index (χ1n) is 7.32. The SMILES string of the molecule is CC1(C)OC[C@H]([C@H]2OC(=O)[C@@H](O)[C@H]2OCc2ccccc2)O1. The van der Waals surface area contributed by atoms with E-state index in [1.807, 2.05) is 30.3 Å². The lowest BCUT2D eigenvalue weighted by atomic mass is 10.1. The van der Waals surface area contributed by atoms with Gasteiger partial charge in [-0.25, -0.2) is 4.79 Å². The van der Waals surface area contributed by atoms with Crippen LogP contribution in [0.4, 0.5) is 0 Å². The molecule has 22 heavy (non-hydrogen) atoms. The summed E-state index contributed by atoms with van der Waals surface area (Å²) in [6.07, 6.45) is -3.19. The van der Waals surface area contributed by atoms with Crippen LogP contribution in [0, 0.1) is 0 Å². The lowest BCUT2D eigenvalue weighted by molar-refractivity contribution is -0.169. The Labute approximate surface area is 128 Å². The van der Waals surface area contributed by atoms with Crippen LogP contribution in [-0.2, 0) is 30.3 Å². The van der Waals surface area contributed by atoms with Crippen LogP contribution in [0.1, 0.15) is 19.4 Å². The topological polar surface area (TPSA) is 74.2 Å². The number of benzene rings is 1. The summed E-state index contributed by atoms with van der Waals surface area (Å²) in [5.41, 5.74) is 0.955. The van der Waals surface area contributed by atoms with Crippen molar-refractivity contribution in [3.63, 3.8) is 0 Å². The lowest BCUT2D eigenvalue weighted by Crippen LogP contribution is -2.42. The maximum atomic E-state index is 11.7. The summed E-state index contributed by atoms with van der Waals surface area (Å²) in [6.45, 7) is 4.16. The molecule has 2 saturated heterocycles. The molecule has 2 heterocycles. The van der Waals surface area contributed by atoms with Gasteiger partial charge >= 0.3 is 5.97 Å². The Morgan fingerprint density at radius 2 is 2.05 bits per heavy atom. The van der Waals surface area contributed by atoms with E-state index in [1.54, 1.807) is 13.8 Å². The van der Waals surface area contributed by atoms with Gasteiger partial charge in [0.2, 0.25) is 0 Å². The van der Waals surface area contributed by atoms with Crippen LogP contribution in [0.3, 0.4) is 0 Å². The molecule has 4 atom stereocenters. The summed E-state index contributed by atoms with van der Waals surface area (Å²) in [7, 11) is 0. The fourth-order valence-corrected chi connectivity index (χ4v) is 2.70. The number of rotatable bonds is 4.